The van der Waals surface area contributed by atoms with Gasteiger partial charge in [-0.05, 0) is 30.5 Å². The van der Waals surface area contributed by atoms with Gasteiger partial charge in [0, 0.05) is 17.4 Å². The molecule has 0 saturated heterocycles. The first-order valence-corrected chi connectivity index (χ1v) is 8.08. The molecule has 0 aliphatic carbocycles. The number of nitrogens with zero attached hydrogens (tertiary/aromatic N) is 1. The minimum Gasteiger partial charge on any atom is -0.369 e. The summed E-state index contributed by atoms with van der Waals surface area (Å²) in [5.41, 5.74) is 8.20. The second-order valence-corrected chi connectivity index (χ2v) is 5.60. The fraction of sp³-hybridized carbons (Fsp3) is 0.333. The van der Waals surface area contributed by atoms with E-state index in [1.54, 1.807) is 6.20 Å². The van der Waals surface area contributed by atoms with Crippen molar-refractivity contribution in [2.45, 2.75) is 25.7 Å². The highest BCUT2D eigenvalue weighted by molar-refractivity contribution is 9.09. The van der Waals surface area contributed by atoms with E-state index in [2.05, 4.69) is 31.2 Å². The highest BCUT2D eigenvalue weighted by Gasteiger charge is 2.04. The number of nitrogen functional groups attached to an aromatic ring is 1. The van der Waals surface area contributed by atoms with Crippen molar-refractivity contribution in [1.29, 1.82) is 0 Å². The molecule has 22 heavy (non-hydrogen) atoms. The Morgan fingerprint density at radius 2 is 1.95 bits per heavy atom. The molecule has 0 radical (unpaired) electrons. The molecule has 0 fully saturated rings. The Hall–Kier alpha value is -1.53. The molecular formula is C15H20BrClN4O. The molecule has 0 bridgehead atoms. The van der Waals surface area contributed by atoms with Crippen molar-refractivity contribution in [1.82, 2.24) is 9.97 Å². The van der Waals surface area contributed by atoms with Crippen LogP contribution in [-0.4, -0.2) is 21.2 Å². The van der Waals surface area contributed by atoms with Gasteiger partial charge in [0.15, 0.2) is 5.95 Å². The number of benzene rings is 1. The fourth-order valence-corrected chi connectivity index (χ4v) is 2.39. The monoisotopic (exact) mass is 386 g/mol. The Morgan fingerprint density at radius 1 is 1.23 bits per heavy atom. The number of aromatic nitrogens is 2. The van der Waals surface area contributed by atoms with Crippen molar-refractivity contribution in [3.63, 3.8) is 0 Å². The van der Waals surface area contributed by atoms with Gasteiger partial charge in [0.25, 0.3) is 0 Å². The molecule has 0 aliphatic rings. The molecule has 0 spiro atoms. The number of nitrogens with one attached hydrogen (secondary N) is 2. The molecule has 1 amide bonds. The average molecular weight is 388 g/mol. The van der Waals surface area contributed by atoms with Crippen molar-refractivity contribution >= 4 is 45.9 Å². The second-order valence-electron chi connectivity index (χ2n) is 4.81. The van der Waals surface area contributed by atoms with E-state index in [0.717, 1.165) is 41.5 Å². The largest absolute Gasteiger partial charge is 0.369 e. The van der Waals surface area contributed by atoms with Crippen LogP contribution in [0, 0.1) is 0 Å². The van der Waals surface area contributed by atoms with Crippen LogP contribution in [0.2, 0.25) is 0 Å². The minimum atomic E-state index is 0. The molecule has 1 heterocycles. The average Bonchev–Trinajstić information content (AvgIpc) is 2.91. The van der Waals surface area contributed by atoms with Crippen molar-refractivity contribution < 1.29 is 4.79 Å². The molecule has 2 rings (SSSR count). The Balaban J connectivity index is 0.00000242. The molecule has 5 nitrogen and oxygen atoms in total. The van der Waals surface area contributed by atoms with E-state index in [0.29, 0.717) is 12.4 Å². The molecule has 7 heteroatoms. The third kappa shape index (κ3) is 5.69. The molecule has 4 N–H and O–H groups in total. The number of rotatable bonds is 7. The molecule has 1 aromatic carbocycles. The van der Waals surface area contributed by atoms with Crippen LogP contribution in [0.3, 0.4) is 0 Å². The number of hydrogen-bond acceptors (Lipinski definition) is 3. The fourth-order valence-electron chi connectivity index (χ4n) is 2.00. The van der Waals surface area contributed by atoms with Gasteiger partial charge in [0.1, 0.15) is 0 Å². The van der Waals surface area contributed by atoms with E-state index in [9.17, 15) is 4.79 Å². The zero-order chi connectivity index (χ0) is 15.1. The number of H-pyrrole nitrogens is 1. The van der Waals surface area contributed by atoms with E-state index in [1.165, 1.54) is 0 Å². The predicted octanol–water partition coefficient (Wildman–Crippen LogP) is 3.97. The highest BCUT2D eigenvalue weighted by Crippen LogP contribution is 2.20. The summed E-state index contributed by atoms with van der Waals surface area (Å²) < 4.78 is 0. The lowest BCUT2D eigenvalue weighted by molar-refractivity contribution is -0.116. The van der Waals surface area contributed by atoms with Crippen LogP contribution in [0.5, 0.6) is 0 Å². The summed E-state index contributed by atoms with van der Waals surface area (Å²) in [6.45, 7) is 0. The first-order chi connectivity index (χ1) is 10.2. The summed E-state index contributed by atoms with van der Waals surface area (Å²) in [4.78, 5) is 18.7. The number of unbranched alkanes of at least 4 members (excludes halogenated alkanes) is 2. The highest BCUT2D eigenvalue weighted by atomic mass is 79.9. The molecule has 0 atom stereocenters. The summed E-state index contributed by atoms with van der Waals surface area (Å²) >= 11 is 3.38. The number of aromatic amines is 1. The van der Waals surface area contributed by atoms with E-state index in [-0.39, 0.29) is 18.3 Å². The van der Waals surface area contributed by atoms with Crippen LogP contribution < -0.4 is 11.1 Å². The number of anilines is 2. The van der Waals surface area contributed by atoms with Gasteiger partial charge in [-0.2, -0.15) is 0 Å². The summed E-state index contributed by atoms with van der Waals surface area (Å²) in [5, 5.41) is 3.90. The smallest absolute Gasteiger partial charge is 0.224 e. The third-order valence-corrected chi connectivity index (χ3v) is 3.67. The van der Waals surface area contributed by atoms with Crippen molar-refractivity contribution in [2.24, 2.45) is 0 Å². The SMILES string of the molecule is Cl.Nc1ncc(-c2ccc(NC(=O)CCCCCBr)cc2)[nH]1. The first-order valence-electron chi connectivity index (χ1n) is 6.96. The Labute approximate surface area is 144 Å². The number of carbonyl (C=O) groups is 1. The quantitative estimate of drug-likeness (QED) is 0.496. The van der Waals surface area contributed by atoms with Gasteiger partial charge in [0.05, 0.1) is 11.9 Å². The number of nitrogens with two attached hydrogens (primary N) is 1. The molecule has 120 valence electrons. The maximum absolute atomic E-state index is 11.8. The molecule has 1 aromatic heterocycles. The maximum Gasteiger partial charge on any atom is 0.224 e. The Bertz CT molecular complexity index is 585. The molecule has 0 unspecified atom stereocenters. The van der Waals surface area contributed by atoms with E-state index >= 15 is 0 Å². The zero-order valence-electron chi connectivity index (χ0n) is 12.1. The van der Waals surface area contributed by atoms with Crippen LogP contribution >= 0.6 is 28.3 Å². The lowest BCUT2D eigenvalue weighted by Gasteiger charge is -2.06. The van der Waals surface area contributed by atoms with Gasteiger partial charge in [-0.25, -0.2) is 4.98 Å². The van der Waals surface area contributed by atoms with E-state index in [4.69, 9.17) is 5.73 Å². The molecule has 0 saturated carbocycles. The molecule has 2 aromatic rings. The van der Waals surface area contributed by atoms with Crippen molar-refractivity contribution in [3.05, 3.63) is 30.5 Å². The number of alkyl halides is 1. The molecular weight excluding hydrogens is 368 g/mol. The number of amides is 1. The number of halogens is 2. The van der Waals surface area contributed by atoms with Gasteiger partial charge in [-0.1, -0.05) is 34.5 Å². The number of carbonyl (C=O) groups excluding carboxylic acids is 1. The standard InChI is InChI=1S/C15H19BrN4O.ClH/c16-9-3-1-2-4-14(21)19-12-7-5-11(6-8-12)13-10-18-15(17)20-13;/h5-8,10H,1-4,9H2,(H,19,21)(H3,17,18,20);1H. The lowest BCUT2D eigenvalue weighted by Crippen LogP contribution is -2.10. The van der Waals surface area contributed by atoms with Crippen molar-refractivity contribution in [3.8, 4) is 11.3 Å². The second kappa shape index (κ2) is 9.48. The van der Waals surface area contributed by atoms with Gasteiger partial charge >= 0.3 is 0 Å². The Kier molecular flexibility index (Phi) is 7.98. The third-order valence-electron chi connectivity index (χ3n) is 3.11. The van der Waals surface area contributed by atoms with Gasteiger partial charge in [-0.15, -0.1) is 12.4 Å². The van der Waals surface area contributed by atoms with Crippen LogP contribution in [0.4, 0.5) is 11.6 Å². The van der Waals surface area contributed by atoms with Gasteiger partial charge in [-0.3, -0.25) is 4.79 Å². The van der Waals surface area contributed by atoms with Crippen LogP contribution in [0.25, 0.3) is 11.3 Å². The summed E-state index contributed by atoms with van der Waals surface area (Å²) in [6.07, 6.45) is 5.34. The first kappa shape index (κ1) is 18.5. The minimum absolute atomic E-state index is 0. The topological polar surface area (TPSA) is 83.8 Å². The molecule has 0 aliphatic heterocycles. The maximum atomic E-state index is 11.8. The van der Waals surface area contributed by atoms with Gasteiger partial charge in [0.2, 0.25) is 5.91 Å². The van der Waals surface area contributed by atoms with E-state index < -0.39 is 0 Å². The predicted molar refractivity (Wildman–Crippen MR) is 96.6 cm³/mol. The number of imidazole rings is 1. The summed E-state index contributed by atoms with van der Waals surface area (Å²) in [6, 6.07) is 7.60. The Morgan fingerprint density at radius 3 is 2.55 bits per heavy atom. The zero-order valence-corrected chi connectivity index (χ0v) is 14.5. The summed E-state index contributed by atoms with van der Waals surface area (Å²) in [5.74, 6) is 0.453. The van der Waals surface area contributed by atoms with Crippen LogP contribution in [0.1, 0.15) is 25.7 Å². The lowest BCUT2D eigenvalue weighted by atomic mass is 10.1. The number of hydrogen-bond donors (Lipinski definition) is 3. The summed E-state index contributed by atoms with van der Waals surface area (Å²) in [7, 11) is 0. The van der Waals surface area contributed by atoms with E-state index in [1.807, 2.05) is 24.3 Å². The van der Waals surface area contributed by atoms with Crippen molar-refractivity contribution in [2.75, 3.05) is 16.4 Å². The van der Waals surface area contributed by atoms with Crippen LogP contribution in [0.15, 0.2) is 30.5 Å². The van der Waals surface area contributed by atoms with Gasteiger partial charge < -0.3 is 16.0 Å². The normalized spacial score (nSPS) is 10.0. The van der Waals surface area contributed by atoms with Crippen LogP contribution in [-0.2, 0) is 4.79 Å².